The van der Waals surface area contributed by atoms with E-state index in [0.717, 1.165) is 4.90 Å². The number of halogens is 3. The average Bonchev–Trinajstić information content (AvgIpc) is 2.78. The SMILES string of the molecule is O=C1NC(=O)N(c2ccccc2Cl)C(=O)/C1=C/c1cc(Cl)ccc1OCc1ccccc1F. The van der Waals surface area contributed by atoms with Crippen LogP contribution in [0.3, 0.4) is 0 Å². The second-order valence-electron chi connectivity index (χ2n) is 6.97. The highest BCUT2D eigenvalue weighted by molar-refractivity contribution is 6.42. The number of nitrogens with zero attached hydrogens (tertiary/aromatic N) is 1. The molecule has 4 rings (SSSR count). The van der Waals surface area contributed by atoms with Gasteiger partial charge in [-0.25, -0.2) is 14.1 Å². The minimum Gasteiger partial charge on any atom is -0.488 e. The Morgan fingerprint density at radius 2 is 1.70 bits per heavy atom. The van der Waals surface area contributed by atoms with Crippen molar-refractivity contribution in [3.05, 3.63) is 99.3 Å². The van der Waals surface area contributed by atoms with E-state index < -0.39 is 23.7 Å². The molecule has 0 saturated carbocycles. The molecule has 3 aromatic carbocycles. The highest BCUT2D eigenvalue weighted by atomic mass is 35.5. The van der Waals surface area contributed by atoms with Crippen LogP contribution < -0.4 is 15.0 Å². The molecule has 1 N–H and O–H groups in total. The van der Waals surface area contributed by atoms with E-state index in [0.29, 0.717) is 16.1 Å². The molecule has 0 aromatic heterocycles. The van der Waals surface area contributed by atoms with E-state index in [1.807, 2.05) is 0 Å². The summed E-state index contributed by atoms with van der Waals surface area (Å²) in [6.45, 7) is -0.0884. The van der Waals surface area contributed by atoms with Crippen LogP contribution in [0.1, 0.15) is 11.1 Å². The number of amides is 4. The molecule has 1 aliphatic rings. The fraction of sp³-hybridized carbons (Fsp3) is 0.0417. The van der Waals surface area contributed by atoms with Gasteiger partial charge in [-0.3, -0.25) is 14.9 Å². The normalized spacial score (nSPS) is 15.1. The largest absolute Gasteiger partial charge is 0.488 e. The summed E-state index contributed by atoms with van der Waals surface area (Å²) in [6, 6.07) is 16.0. The number of anilines is 1. The zero-order valence-electron chi connectivity index (χ0n) is 16.8. The van der Waals surface area contributed by atoms with Gasteiger partial charge in [0.2, 0.25) is 0 Å². The number of carbonyl (C=O) groups excluding carboxylic acids is 3. The summed E-state index contributed by atoms with van der Waals surface area (Å²) >= 11 is 12.3. The Balaban J connectivity index is 1.70. The predicted octanol–water partition coefficient (Wildman–Crippen LogP) is 5.38. The number of rotatable bonds is 5. The average molecular weight is 485 g/mol. The van der Waals surface area contributed by atoms with E-state index >= 15 is 0 Å². The number of barbiturate groups is 1. The molecule has 1 heterocycles. The molecule has 0 aliphatic carbocycles. The number of para-hydroxylation sites is 1. The Kier molecular flexibility index (Phi) is 6.44. The molecule has 33 heavy (non-hydrogen) atoms. The summed E-state index contributed by atoms with van der Waals surface area (Å²) < 4.78 is 19.7. The number of benzene rings is 3. The number of nitrogens with one attached hydrogen (secondary N) is 1. The molecule has 6 nitrogen and oxygen atoms in total. The van der Waals surface area contributed by atoms with Crippen LogP contribution in [-0.4, -0.2) is 17.8 Å². The van der Waals surface area contributed by atoms with Gasteiger partial charge in [0.25, 0.3) is 11.8 Å². The van der Waals surface area contributed by atoms with Crippen LogP contribution in [0, 0.1) is 5.82 Å². The lowest BCUT2D eigenvalue weighted by Crippen LogP contribution is -2.54. The predicted molar refractivity (Wildman–Crippen MR) is 123 cm³/mol. The van der Waals surface area contributed by atoms with E-state index in [1.54, 1.807) is 36.4 Å². The monoisotopic (exact) mass is 484 g/mol. The van der Waals surface area contributed by atoms with Crippen LogP contribution >= 0.6 is 23.2 Å². The minimum absolute atomic E-state index is 0.0884. The van der Waals surface area contributed by atoms with Gasteiger partial charge in [0.05, 0.1) is 10.7 Å². The fourth-order valence-corrected chi connectivity index (χ4v) is 3.60. The van der Waals surface area contributed by atoms with Crippen LogP contribution in [0.4, 0.5) is 14.9 Å². The zero-order valence-corrected chi connectivity index (χ0v) is 18.4. The second-order valence-corrected chi connectivity index (χ2v) is 7.82. The van der Waals surface area contributed by atoms with E-state index in [9.17, 15) is 18.8 Å². The van der Waals surface area contributed by atoms with Crippen LogP contribution in [0.5, 0.6) is 5.75 Å². The van der Waals surface area contributed by atoms with Gasteiger partial charge in [0, 0.05) is 16.1 Å². The third-order valence-electron chi connectivity index (χ3n) is 4.81. The molecule has 1 aliphatic heterocycles. The first-order valence-electron chi connectivity index (χ1n) is 9.67. The maximum absolute atomic E-state index is 13.9. The van der Waals surface area contributed by atoms with Crippen molar-refractivity contribution in [1.82, 2.24) is 5.32 Å². The van der Waals surface area contributed by atoms with Crippen molar-refractivity contribution in [3.8, 4) is 5.75 Å². The molecule has 0 unspecified atom stereocenters. The Bertz CT molecular complexity index is 1310. The third kappa shape index (κ3) is 4.74. The lowest BCUT2D eigenvalue weighted by molar-refractivity contribution is -0.122. The Hall–Kier alpha value is -3.68. The van der Waals surface area contributed by atoms with Crippen molar-refractivity contribution in [2.24, 2.45) is 0 Å². The number of hydrogen-bond donors (Lipinski definition) is 1. The standard InChI is InChI=1S/C24H15Cl2FN2O4/c25-16-9-10-21(33-13-14-5-1-3-7-19(14)27)15(11-16)12-17-22(30)28-24(32)29(23(17)31)20-8-4-2-6-18(20)26/h1-12H,13H2,(H,28,30,32)/b17-12+. The molecule has 1 fully saturated rings. The van der Waals surface area contributed by atoms with Gasteiger partial charge in [0.15, 0.2) is 0 Å². The van der Waals surface area contributed by atoms with E-state index in [4.69, 9.17) is 27.9 Å². The smallest absolute Gasteiger partial charge is 0.335 e. The molecule has 166 valence electrons. The number of carbonyl (C=O) groups is 3. The maximum atomic E-state index is 13.9. The Morgan fingerprint density at radius 3 is 2.45 bits per heavy atom. The van der Waals surface area contributed by atoms with Crippen LogP contribution in [-0.2, 0) is 16.2 Å². The molecular weight excluding hydrogens is 470 g/mol. The van der Waals surface area contributed by atoms with Crippen molar-refractivity contribution < 1.29 is 23.5 Å². The topological polar surface area (TPSA) is 75.7 Å². The van der Waals surface area contributed by atoms with Crippen LogP contribution in [0.15, 0.2) is 72.3 Å². The zero-order chi connectivity index (χ0) is 23.5. The number of urea groups is 1. The first-order chi connectivity index (χ1) is 15.8. The van der Waals surface area contributed by atoms with Crippen molar-refractivity contribution in [2.45, 2.75) is 6.61 Å². The summed E-state index contributed by atoms with van der Waals surface area (Å²) in [5, 5.41) is 2.61. The van der Waals surface area contributed by atoms with Gasteiger partial charge in [-0.1, -0.05) is 53.5 Å². The highest BCUT2D eigenvalue weighted by Crippen LogP contribution is 2.31. The fourth-order valence-electron chi connectivity index (χ4n) is 3.20. The number of ether oxygens (including phenoxy) is 1. The second kappa shape index (κ2) is 9.44. The van der Waals surface area contributed by atoms with E-state index in [-0.39, 0.29) is 28.6 Å². The first kappa shape index (κ1) is 22.5. The van der Waals surface area contributed by atoms with Crippen LogP contribution in [0.25, 0.3) is 6.08 Å². The summed E-state index contributed by atoms with van der Waals surface area (Å²) in [5.41, 5.74) is 0.425. The summed E-state index contributed by atoms with van der Waals surface area (Å²) in [7, 11) is 0. The van der Waals surface area contributed by atoms with Gasteiger partial charge >= 0.3 is 6.03 Å². The molecule has 1 saturated heterocycles. The van der Waals surface area contributed by atoms with Crippen molar-refractivity contribution >= 4 is 52.8 Å². The number of hydrogen-bond acceptors (Lipinski definition) is 4. The van der Waals surface area contributed by atoms with Crippen LogP contribution in [0.2, 0.25) is 10.0 Å². The molecule has 9 heteroatoms. The van der Waals surface area contributed by atoms with Crippen molar-refractivity contribution in [3.63, 3.8) is 0 Å². The van der Waals surface area contributed by atoms with Crippen molar-refractivity contribution in [2.75, 3.05) is 4.90 Å². The summed E-state index contributed by atoms with van der Waals surface area (Å²) in [5.74, 6) is -1.91. The summed E-state index contributed by atoms with van der Waals surface area (Å²) in [6.07, 6.45) is 1.26. The van der Waals surface area contributed by atoms with Gasteiger partial charge in [-0.2, -0.15) is 0 Å². The maximum Gasteiger partial charge on any atom is 0.335 e. The lowest BCUT2D eigenvalue weighted by atomic mass is 10.1. The van der Waals surface area contributed by atoms with Gasteiger partial charge < -0.3 is 4.74 Å². The number of imide groups is 2. The molecule has 0 radical (unpaired) electrons. The van der Waals surface area contributed by atoms with Gasteiger partial charge in [-0.05, 0) is 42.5 Å². The van der Waals surface area contributed by atoms with Gasteiger partial charge in [-0.15, -0.1) is 0 Å². The Labute approximate surface area is 198 Å². The van der Waals surface area contributed by atoms with Gasteiger partial charge in [0.1, 0.15) is 23.7 Å². The van der Waals surface area contributed by atoms with Crippen molar-refractivity contribution in [1.29, 1.82) is 0 Å². The molecule has 0 bridgehead atoms. The quantitative estimate of drug-likeness (QED) is 0.389. The lowest BCUT2D eigenvalue weighted by Gasteiger charge is -2.27. The molecular formula is C24H15Cl2FN2O4. The minimum atomic E-state index is -0.919. The summed E-state index contributed by atoms with van der Waals surface area (Å²) in [4.78, 5) is 38.8. The van der Waals surface area contributed by atoms with E-state index in [1.165, 1.54) is 36.4 Å². The molecule has 0 atom stereocenters. The molecule has 3 aromatic rings. The molecule has 0 spiro atoms. The third-order valence-corrected chi connectivity index (χ3v) is 5.36. The molecule has 4 amide bonds. The highest BCUT2D eigenvalue weighted by Gasteiger charge is 2.37. The first-order valence-corrected chi connectivity index (χ1v) is 10.4. The van der Waals surface area contributed by atoms with E-state index in [2.05, 4.69) is 5.32 Å². The Morgan fingerprint density at radius 1 is 0.970 bits per heavy atom.